The minimum atomic E-state index is -4.70. The first-order valence-corrected chi connectivity index (χ1v) is 10.7. The molecule has 8 heteroatoms. The van der Waals surface area contributed by atoms with Gasteiger partial charge in [0.05, 0.1) is 16.4 Å². The van der Waals surface area contributed by atoms with Crippen LogP contribution in [0.3, 0.4) is 0 Å². The molecule has 1 aliphatic heterocycles. The second-order valence-corrected chi connectivity index (χ2v) is 8.48. The minimum Gasteiger partial charge on any atom is -0.395 e. The molecule has 0 radical (unpaired) electrons. The highest BCUT2D eigenvalue weighted by Gasteiger charge is 2.32. The van der Waals surface area contributed by atoms with Crippen molar-refractivity contribution in [2.45, 2.75) is 38.9 Å². The van der Waals surface area contributed by atoms with Gasteiger partial charge in [-0.25, -0.2) is 4.99 Å². The van der Waals surface area contributed by atoms with Crippen molar-refractivity contribution in [1.82, 2.24) is 4.90 Å². The molecule has 1 aliphatic rings. The fraction of sp³-hybridized carbons (Fsp3) is 0.333. The first kappa shape index (κ1) is 23.9. The van der Waals surface area contributed by atoms with E-state index in [1.54, 1.807) is 48.5 Å². The van der Waals surface area contributed by atoms with Gasteiger partial charge in [0.2, 0.25) is 0 Å². The summed E-state index contributed by atoms with van der Waals surface area (Å²) >= 11 is 6.13. The summed E-state index contributed by atoms with van der Waals surface area (Å²) in [7, 11) is 0. The molecule has 0 saturated carbocycles. The fourth-order valence-corrected chi connectivity index (χ4v) is 3.95. The van der Waals surface area contributed by atoms with Crippen molar-refractivity contribution in [3.05, 3.63) is 76.5 Å². The Kier molecular flexibility index (Phi) is 7.29. The molecule has 1 heterocycles. The van der Waals surface area contributed by atoms with Crippen LogP contribution in [0.4, 0.5) is 18.9 Å². The van der Waals surface area contributed by atoms with Gasteiger partial charge in [0.25, 0.3) is 5.91 Å². The van der Waals surface area contributed by atoms with Gasteiger partial charge in [0.15, 0.2) is 0 Å². The molecule has 2 aromatic carbocycles. The number of aliphatic imine (C=N–C) groups is 1. The highest BCUT2D eigenvalue weighted by molar-refractivity contribution is 6.33. The van der Waals surface area contributed by atoms with Crippen molar-refractivity contribution in [3.8, 4) is 0 Å². The second-order valence-electron chi connectivity index (χ2n) is 8.08. The number of hydrogen-bond donors (Lipinski definition) is 1. The lowest BCUT2D eigenvalue weighted by Crippen LogP contribution is -2.38. The number of nitrogens with zero attached hydrogens (tertiary/aromatic N) is 2. The fourth-order valence-electron chi connectivity index (χ4n) is 3.77. The first-order valence-electron chi connectivity index (χ1n) is 10.4. The zero-order valence-electron chi connectivity index (χ0n) is 17.9. The van der Waals surface area contributed by atoms with E-state index in [4.69, 9.17) is 17.3 Å². The Morgan fingerprint density at radius 2 is 1.78 bits per heavy atom. The van der Waals surface area contributed by atoms with Crippen LogP contribution in [-0.4, -0.2) is 35.3 Å². The van der Waals surface area contributed by atoms with E-state index in [2.05, 4.69) is 18.8 Å². The summed E-state index contributed by atoms with van der Waals surface area (Å²) in [5.41, 5.74) is 5.14. The average molecular weight is 464 g/mol. The van der Waals surface area contributed by atoms with Crippen molar-refractivity contribution in [2.75, 3.05) is 6.54 Å². The van der Waals surface area contributed by atoms with E-state index in [1.165, 1.54) is 0 Å². The molecule has 1 amide bonds. The Morgan fingerprint density at radius 1 is 1.16 bits per heavy atom. The molecule has 0 bridgehead atoms. The molecule has 1 saturated heterocycles. The lowest BCUT2D eigenvalue weighted by molar-refractivity contribution is -0.0925. The summed E-state index contributed by atoms with van der Waals surface area (Å²) in [5, 5.41) is 0.296. The molecule has 1 atom stereocenters. The van der Waals surface area contributed by atoms with Gasteiger partial charge >= 0.3 is 6.18 Å². The van der Waals surface area contributed by atoms with Crippen LogP contribution >= 0.6 is 11.6 Å². The average Bonchev–Trinajstić information content (AvgIpc) is 3.24. The zero-order chi connectivity index (χ0) is 23.5. The molecule has 1 fully saturated rings. The molecular formula is C24H25ClF3N3O. The summed E-state index contributed by atoms with van der Waals surface area (Å²) < 4.78 is 39.2. The van der Waals surface area contributed by atoms with Crippen molar-refractivity contribution < 1.29 is 18.0 Å². The molecule has 0 spiro atoms. The molecule has 3 rings (SSSR count). The van der Waals surface area contributed by atoms with Gasteiger partial charge < -0.3 is 10.6 Å². The molecule has 2 aromatic rings. The third-order valence-electron chi connectivity index (χ3n) is 5.47. The van der Waals surface area contributed by atoms with Crippen molar-refractivity contribution >= 4 is 28.9 Å². The van der Waals surface area contributed by atoms with E-state index < -0.39 is 11.9 Å². The molecule has 0 aromatic heterocycles. The maximum Gasteiger partial charge on any atom is 0.430 e. The van der Waals surface area contributed by atoms with E-state index >= 15 is 0 Å². The van der Waals surface area contributed by atoms with Crippen molar-refractivity contribution in [1.29, 1.82) is 0 Å². The predicted molar refractivity (Wildman–Crippen MR) is 121 cm³/mol. The topological polar surface area (TPSA) is 58.7 Å². The maximum absolute atomic E-state index is 13.1. The van der Waals surface area contributed by atoms with Gasteiger partial charge in [-0.05, 0) is 49.1 Å². The van der Waals surface area contributed by atoms with Crippen LogP contribution in [0.15, 0.2) is 65.3 Å². The number of hydrogen-bond acceptors (Lipinski definition) is 3. The van der Waals surface area contributed by atoms with Gasteiger partial charge in [-0.2, -0.15) is 13.2 Å². The van der Waals surface area contributed by atoms with Gasteiger partial charge in [-0.1, -0.05) is 49.7 Å². The van der Waals surface area contributed by atoms with Crippen LogP contribution < -0.4 is 5.73 Å². The predicted octanol–water partition coefficient (Wildman–Crippen LogP) is 6.13. The number of rotatable bonds is 5. The normalized spacial score (nSPS) is 17.8. The minimum absolute atomic E-state index is 0.00634. The number of nitrogens with two attached hydrogens (primary N) is 1. The standard InChI is InChI=1S/C24H25ClF3N3O/c1-15(2)21-8-5-13-31(21)23(32)17-11-9-16(10-12-17)20(14-22(29)24(26,27)28)30-19-7-4-3-6-18(19)25/h3-4,6-7,9-12,14-15,21H,5,8,13,29H2,1-2H3. The SMILES string of the molecule is CC(C)C1CCCN1C(=O)c1ccc(C(C=C(N)C(F)(F)F)=Nc2ccccc2Cl)cc1. The van der Waals surface area contributed by atoms with Gasteiger partial charge in [-0.3, -0.25) is 4.79 Å². The molecule has 2 N–H and O–H groups in total. The monoisotopic (exact) mass is 463 g/mol. The summed E-state index contributed by atoms with van der Waals surface area (Å²) in [6.07, 6.45) is -1.99. The maximum atomic E-state index is 13.1. The van der Waals surface area contributed by atoms with Crippen molar-refractivity contribution in [2.24, 2.45) is 16.6 Å². The molecule has 1 unspecified atom stereocenters. The Bertz CT molecular complexity index is 1030. The van der Waals surface area contributed by atoms with Crippen LogP contribution in [0.1, 0.15) is 42.6 Å². The Labute approximate surface area is 190 Å². The van der Waals surface area contributed by atoms with E-state index in [-0.39, 0.29) is 17.7 Å². The van der Waals surface area contributed by atoms with E-state index in [1.807, 2.05) is 4.90 Å². The van der Waals surface area contributed by atoms with E-state index in [0.717, 1.165) is 18.9 Å². The Hall–Kier alpha value is -2.80. The summed E-state index contributed by atoms with van der Waals surface area (Å²) in [4.78, 5) is 19.2. The van der Waals surface area contributed by atoms with E-state index in [0.29, 0.717) is 34.3 Å². The van der Waals surface area contributed by atoms with Crippen LogP contribution in [0.5, 0.6) is 0 Å². The van der Waals surface area contributed by atoms with E-state index in [9.17, 15) is 18.0 Å². The number of carbonyl (C=O) groups excluding carboxylic acids is 1. The summed E-state index contributed by atoms with van der Waals surface area (Å²) in [6.45, 7) is 4.88. The highest BCUT2D eigenvalue weighted by atomic mass is 35.5. The molecule has 32 heavy (non-hydrogen) atoms. The van der Waals surface area contributed by atoms with Crippen LogP contribution in [0.2, 0.25) is 5.02 Å². The number of benzene rings is 2. The number of amides is 1. The third-order valence-corrected chi connectivity index (χ3v) is 5.79. The number of carbonyl (C=O) groups is 1. The lowest BCUT2D eigenvalue weighted by atomic mass is 10.0. The number of halogens is 4. The molecule has 4 nitrogen and oxygen atoms in total. The Morgan fingerprint density at radius 3 is 2.38 bits per heavy atom. The number of allylic oxidation sites excluding steroid dienone is 2. The van der Waals surface area contributed by atoms with Crippen molar-refractivity contribution in [3.63, 3.8) is 0 Å². The first-order chi connectivity index (χ1) is 15.1. The number of para-hydroxylation sites is 1. The summed E-state index contributed by atoms with van der Waals surface area (Å²) in [5.74, 6) is 0.272. The Balaban J connectivity index is 1.96. The van der Waals surface area contributed by atoms with Crippen LogP contribution in [-0.2, 0) is 0 Å². The quantitative estimate of drug-likeness (QED) is 0.542. The third kappa shape index (κ3) is 5.51. The largest absolute Gasteiger partial charge is 0.430 e. The molecule has 170 valence electrons. The highest BCUT2D eigenvalue weighted by Crippen LogP contribution is 2.28. The van der Waals surface area contributed by atoms with Crippen LogP contribution in [0, 0.1) is 5.92 Å². The zero-order valence-corrected chi connectivity index (χ0v) is 18.6. The second kappa shape index (κ2) is 9.77. The molecule has 0 aliphatic carbocycles. The lowest BCUT2D eigenvalue weighted by Gasteiger charge is -2.27. The number of likely N-dealkylation sites (tertiary alicyclic amines) is 1. The smallest absolute Gasteiger partial charge is 0.395 e. The summed E-state index contributed by atoms with van der Waals surface area (Å²) in [6, 6.07) is 13.1. The van der Waals surface area contributed by atoms with Gasteiger partial charge in [0, 0.05) is 23.7 Å². The van der Waals surface area contributed by atoms with Gasteiger partial charge in [0.1, 0.15) is 5.70 Å². The number of alkyl halides is 3. The van der Waals surface area contributed by atoms with Crippen LogP contribution in [0.25, 0.3) is 0 Å². The molecular weight excluding hydrogens is 439 g/mol. The van der Waals surface area contributed by atoms with Gasteiger partial charge in [-0.15, -0.1) is 0 Å².